The Morgan fingerprint density at radius 1 is 1.11 bits per heavy atom. The highest BCUT2D eigenvalue weighted by Gasteiger charge is 2.33. The van der Waals surface area contributed by atoms with Crippen molar-refractivity contribution in [2.24, 2.45) is 0 Å². The molecule has 6 heteroatoms. The second-order valence-electron chi connectivity index (χ2n) is 10.2. The lowest BCUT2D eigenvalue weighted by atomic mass is 9.93. The zero-order valence-corrected chi connectivity index (χ0v) is 22.7. The average Bonchev–Trinajstić information content (AvgIpc) is 3.54. The van der Waals surface area contributed by atoms with Crippen LogP contribution in [0.4, 0.5) is 0 Å². The van der Waals surface area contributed by atoms with Gasteiger partial charge in [-0.1, -0.05) is 45.2 Å². The molecule has 3 heterocycles. The van der Waals surface area contributed by atoms with E-state index >= 15 is 0 Å². The van der Waals surface area contributed by atoms with Crippen molar-refractivity contribution in [2.45, 2.75) is 83.6 Å². The molecule has 2 unspecified atom stereocenters. The molecular formula is C30H46N4O2. The lowest BCUT2D eigenvalue weighted by Crippen LogP contribution is -2.31. The third-order valence-electron chi connectivity index (χ3n) is 7.38. The van der Waals surface area contributed by atoms with Crippen molar-refractivity contribution >= 4 is 6.29 Å². The first-order valence-electron chi connectivity index (χ1n) is 14.0. The van der Waals surface area contributed by atoms with E-state index in [0.29, 0.717) is 18.5 Å². The largest absolute Gasteiger partial charge is 0.493 e. The summed E-state index contributed by atoms with van der Waals surface area (Å²) >= 11 is 0. The number of likely N-dealkylation sites (tertiary alicyclic amines) is 1. The summed E-state index contributed by atoms with van der Waals surface area (Å²) in [5.74, 6) is 2.39. The Hall–Kier alpha value is -2.31. The van der Waals surface area contributed by atoms with Gasteiger partial charge in [0.05, 0.1) is 13.2 Å². The minimum atomic E-state index is 0.406. The summed E-state index contributed by atoms with van der Waals surface area (Å²) < 4.78 is 5.61. The number of unbranched alkanes of at least 4 members (excludes halogenated alkanes) is 3. The Bertz CT molecular complexity index is 892. The Balaban J connectivity index is 0.000000280. The number of benzene rings is 1. The molecule has 0 aliphatic carbocycles. The summed E-state index contributed by atoms with van der Waals surface area (Å²) in [4.78, 5) is 24.5. The smallest absolute Gasteiger partial charge is 0.133 e. The van der Waals surface area contributed by atoms with Crippen molar-refractivity contribution in [3.05, 3.63) is 53.6 Å². The molecule has 0 amide bonds. The Morgan fingerprint density at radius 2 is 1.89 bits per heavy atom. The quantitative estimate of drug-likeness (QED) is 0.278. The molecule has 0 radical (unpaired) electrons. The summed E-state index contributed by atoms with van der Waals surface area (Å²) in [7, 11) is 2.23. The van der Waals surface area contributed by atoms with Crippen molar-refractivity contribution < 1.29 is 9.53 Å². The number of aromatic nitrogens is 2. The van der Waals surface area contributed by atoms with Crippen molar-refractivity contribution in [3.63, 3.8) is 0 Å². The number of rotatable bonds is 13. The van der Waals surface area contributed by atoms with Gasteiger partial charge in [0.25, 0.3) is 0 Å². The lowest BCUT2D eigenvalue weighted by molar-refractivity contribution is -0.109. The summed E-state index contributed by atoms with van der Waals surface area (Å²) in [6.45, 7) is 9.31. The van der Waals surface area contributed by atoms with Crippen LogP contribution >= 0.6 is 0 Å². The number of ether oxygens (including phenoxy) is 1. The van der Waals surface area contributed by atoms with Crippen molar-refractivity contribution in [3.8, 4) is 5.75 Å². The first kappa shape index (κ1) is 28.3. The van der Waals surface area contributed by atoms with Gasteiger partial charge in [-0.25, -0.2) is 9.97 Å². The van der Waals surface area contributed by atoms with Crippen LogP contribution in [0.5, 0.6) is 5.75 Å². The van der Waals surface area contributed by atoms with Crippen LogP contribution in [-0.4, -0.2) is 71.9 Å². The highest BCUT2D eigenvalue weighted by molar-refractivity contribution is 5.52. The van der Waals surface area contributed by atoms with Gasteiger partial charge in [-0.2, -0.15) is 0 Å². The molecule has 2 aliphatic rings. The molecule has 1 saturated heterocycles. The van der Waals surface area contributed by atoms with Crippen LogP contribution in [0.15, 0.2) is 36.7 Å². The molecule has 1 aromatic carbocycles. The van der Waals surface area contributed by atoms with Crippen LogP contribution in [0, 0.1) is 0 Å². The number of hydrogen-bond acceptors (Lipinski definition) is 6. The van der Waals surface area contributed by atoms with Gasteiger partial charge in [-0.15, -0.1) is 0 Å². The van der Waals surface area contributed by atoms with Crippen molar-refractivity contribution in [1.29, 1.82) is 0 Å². The van der Waals surface area contributed by atoms with E-state index in [1.54, 1.807) is 12.4 Å². The molecule has 0 bridgehead atoms. The molecule has 0 saturated carbocycles. The fourth-order valence-electron chi connectivity index (χ4n) is 5.23. The first-order valence-corrected chi connectivity index (χ1v) is 14.0. The second-order valence-corrected chi connectivity index (χ2v) is 10.2. The van der Waals surface area contributed by atoms with Gasteiger partial charge in [0.2, 0.25) is 0 Å². The van der Waals surface area contributed by atoms with Crippen LogP contribution in [0.2, 0.25) is 0 Å². The van der Waals surface area contributed by atoms with Crippen LogP contribution in [0.25, 0.3) is 0 Å². The molecule has 2 aromatic rings. The van der Waals surface area contributed by atoms with E-state index < -0.39 is 0 Å². The second kappa shape index (κ2) is 15.7. The van der Waals surface area contributed by atoms with Crippen molar-refractivity contribution in [1.82, 2.24) is 19.8 Å². The Kier molecular flexibility index (Phi) is 12.3. The van der Waals surface area contributed by atoms with Crippen LogP contribution in [0.1, 0.15) is 81.7 Å². The number of aldehydes is 1. The topological polar surface area (TPSA) is 58.6 Å². The number of carbonyl (C=O) groups excluding carboxylic acids is 1. The zero-order valence-electron chi connectivity index (χ0n) is 22.7. The van der Waals surface area contributed by atoms with E-state index in [0.717, 1.165) is 56.7 Å². The summed E-state index contributed by atoms with van der Waals surface area (Å²) in [6, 6.07) is 8.84. The monoisotopic (exact) mass is 494 g/mol. The minimum absolute atomic E-state index is 0.406. The number of aryl methyl sites for hydroxylation is 1. The molecule has 4 rings (SSSR count). The predicted octanol–water partition coefficient (Wildman–Crippen LogP) is 5.31. The Labute approximate surface area is 218 Å². The van der Waals surface area contributed by atoms with Gasteiger partial charge in [-0.05, 0) is 75.0 Å². The minimum Gasteiger partial charge on any atom is -0.493 e. The highest BCUT2D eigenvalue weighted by atomic mass is 16.5. The number of carbonyl (C=O) groups is 1. The highest BCUT2D eigenvalue weighted by Crippen LogP contribution is 2.36. The third-order valence-corrected chi connectivity index (χ3v) is 7.38. The number of hydrogen-bond donors (Lipinski definition) is 0. The normalized spacial score (nSPS) is 19.0. The summed E-state index contributed by atoms with van der Waals surface area (Å²) in [6.07, 6.45) is 15.3. The van der Waals surface area contributed by atoms with Gasteiger partial charge < -0.3 is 14.4 Å². The molecule has 1 aromatic heterocycles. The van der Waals surface area contributed by atoms with E-state index in [-0.39, 0.29) is 0 Å². The summed E-state index contributed by atoms with van der Waals surface area (Å²) in [5.41, 5.74) is 2.69. The molecule has 1 fully saturated rings. The average molecular weight is 495 g/mol. The molecule has 6 nitrogen and oxygen atoms in total. The third kappa shape index (κ3) is 8.97. The van der Waals surface area contributed by atoms with E-state index in [9.17, 15) is 4.79 Å². The predicted molar refractivity (Wildman–Crippen MR) is 147 cm³/mol. The molecule has 0 spiro atoms. The van der Waals surface area contributed by atoms with Crippen LogP contribution in [-0.2, 0) is 17.6 Å². The van der Waals surface area contributed by atoms with E-state index in [4.69, 9.17) is 4.74 Å². The van der Waals surface area contributed by atoms with Gasteiger partial charge in [-0.3, -0.25) is 4.90 Å². The standard InChI is InChI=1S/C20H23N3O2.C10H23N/c24-10-9-23-14-17(15-2-4-19-16(12-15)6-11-25-19)13-18(23)3-5-20-21-7-1-8-22-20;1-4-6-8-10-11(3)9-7-5-2/h1-2,4,7-8,10,12,17-18H,3,5-6,9,11,13-14H2;4-10H2,1-3H3. The van der Waals surface area contributed by atoms with Gasteiger partial charge >= 0.3 is 0 Å². The van der Waals surface area contributed by atoms with Crippen LogP contribution in [0.3, 0.4) is 0 Å². The molecule has 2 aliphatic heterocycles. The van der Waals surface area contributed by atoms with E-state index in [1.165, 1.54) is 56.3 Å². The first-order chi connectivity index (χ1) is 17.6. The van der Waals surface area contributed by atoms with Crippen LogP contribution < -0.4 is 4.74 Å². The lowest BCUT2D eigenvalue weighted by Gasteiger charge is -2.21. The zero-order chi connectivity index (χ0) is 25.6. The molecule has 36 heavy (non-hydrogen) atoms. The molecule has 2 atom stereocenters. The van der Waals surface area contributed by atoms with E-state index in [1.807, 2.05) is 6.07 Å². The fourth-order valence-corrected chi connectivity index (χ4v) is 5.23. The van der Waals surface area contributed by atoms with Gasteiger partial charge in [0, 0.05) is 37.8 Å². The molecule has 0 N–H and O–H groups in total. The SMILES string of the molecule is CCCCCN(C)CCCC.O=CCN1CC(c2ccc3c(c2)CCO3)CC1CCc1ncccn1. The van der Waals surface area contributed by atoms with Gasteiger partial charge in [0.15, 0.2) is 0 Å². The maximum Gasteiger partial charge on any atom is 0.133 e. The number of nitrogens with zero attached hydrogens (tertiary/aromatic N) is 4. The fraction of sp³-hybridized carbons (Fsp3) is 0.633. The summed E-state index contributed by atoms with van der Waals surface area (Å²) in [5, 5.41) is 0. The number of fused-ring (bicyclic) bond motifs is 1. The molecule has 198 valence electrons. The van der Waals surface area contributed by atoms with Gasteiger partial charge in [0.1, 0.15) is 17.9 Å². The molecular weight excluding hydrogens is 448 g/mol. The maximum atomic E-state index is 11.1. The van der Waals surface area contributed by atoms with E-state index in [2.05, 4.69) is 58.9 Å². The maximum absolute atomic E-state index is 11.1. The van der Waals surface area contributed by atoms with Crippen molar-refractivity contribution in [2.75, 3.05) is 39.8 Å². The Morgan fingerprint density at radius 3 is 2.64 bits per heavy atom.